The van der Waals surface area contributed by atoms with Crippen LogP contribution in [0.2, 0.25) is 0 Å². The van der Waals surface area contributed by atoms with Gasteiger partial charge in [-0.1, -0.05) is 26.2 Å². The maximum Gasteiger partial charge on any atom is 0.191 e. The van der Waals surface area contributed by atoms with Crippen LogP contribution < -0.4 is 10.6 Å². The number of hydrogen-bond donors (Lipinski definition) is 2. The van der Waals surface area contributed by atoms with Crippen molar-refractivity contribution in [2.24, 2.45) is 10.9 Å². The van der Waals surface area contributed by atoms with Gasteiger partial charge in [0.15, 0.2) is 15.8 Å². The summed E-state index contributed by atoms with van der Waals surface area (Å²) in [4.78, 5) is 4.78. The predicted molar refractivity (Wildman–Crippen MR) is 125 cm³/mol. The van der Waals surface area contributed by atoms with Crippen LogP contribution in [0.25, 0.3) is 0 Å². The molecule has 2 saturated heterocycles. The summed E-state index contributed by atoms with van der Waals surface area (Å²) in [5.41, 5.74) is 0.0647. The van der Waals surface area contributed by atoms with E-state index in [0.29, 0.717) is 24.4 Å². The van der Waals surface area contributed by atoms with E-state index in [2.05, 4.69) is 24.5 Å². The molecule has 0 bridgehead atoms. The molecule has 6 nitrogen and oxygen atoms in total. The number of rotatable bonds is 5. The molecule has 2 aliphatic heterocycles. The van der Waals surface area contributed by atoms with Gasteiger partial charge in [0.25, 0.3) is 0 Å². The van der Waals surface area contributed by atoms with Gasteiger partial charge in [-0.3, -0.25) is 4.99 Å². The fraction of sp³-hybridized carbons (Fsp3) is 0.950. The molecule has 28 heavy (non-hydrogen) atoms. The van der Waals surface area contributed by atoms with Gasteiger partial charge in [0, 0.05) is 25.2 Å². The number of guanidine groups is 1. The van der Waals surface area contributed by atoms with Crippen LogP contribution in [0.5, 0.6) is 0 Å². The Morgan fingerprint density at radius 1 is 1.25 bits per heavy atom. The first-order valence-electron chi connectivity index (χ1n) is 10.8. The summed E-state index contributed by atoms with van der Waals surface area (Å²) in [7, 11) is -2.84. The summed E-state index contributed by atoms with van der Waals surface area (Å²) in [5.74, 6) is 1.60. The highest BCUT2D eigenvalue weighted by molar-refractivity contribution is 14.0. The minimum Gasteiger partial charge on any atom is -0.375 e. The number of hydrogen-bond acceptors (Lipinski definition) is 4. The highest BCUT2D eigenvalue weighted by atomic mass is 127. The van der Waals surface area contributed by atoms with E-state index in [1.54, 1.807) is 0 Å². The van der Waals surface area contributed by atoms with Crippen LogP contribution in [0.1, 0.15) is 71.6 Å². The average Bonchev–Trinajstić information content (AvgIpc) is 2.99. The third-order valence-electron chi connectivity index (χ3n) is 6.43. The topological polar surface area (TPSA) is 79.8 Å². The monoisotopic (exact) mass is 527 g/mol. The Labute approximate surface area is 188 Å². The predicted octanol–water partition coefficient (Wildman–Crippen LogP) is 3.25. The highest BCUT2D eigenvalue weighted by Gasteiger charge is 2.38. The molecule has 1 aliphatic carbocycles. The molecule has 3 aliphatic rings. The lowest BCUT2D eigenvalue weighted by molar-refractivity contribution is -0.107. The van der Waals surface area contributed by atoms with Gasteiger partial charge >= 0.3 is 0 Å². The zero-order chi connectivity index (χ0) is 19.3. The van der Waals surface area contributed by atoms with Gasteiger partial charge in [0.1, 0.15) is 0 Å². The fourth-order valence-electron chi connectivity index (χ4n) is 4.59. The fourth-order valence-corrected chi connectivity index (χ4v) is 6.44. The van der Waals surface area contributed by atoms with Crippen molar-refractivity contribution >= 4 is 39.8 Å². The maximum absolute atomic E-state index is 11.7. The van der Waals surface area contributed by atoms with Gasteiger partial charge in [-0.15, -0.1) is 24.0 Å². The smallest absolute Gasteiger partial charge is 0.191 e. The Morgan fingerprint density at radius 3 is 2.64 bits per heavy atom. The minimum absolute atomic E-state index is 0. The third kappa shape index (κ3) is 7.00. The summed E-state index contributed by atoms with van der Waals surface area (Å²) >= 11 is 0. The van der Waals surface area contributed by atoms with E-state index in [1.165, 1.54) is 32.1 Å². The van der Waals surface area contributed by atoms with E-state index in [1.807, 2.05) is 0 Å². The van der Waals surface area contributed by atoms with Crippen molar-refractivity contribution in [2.75, 3.05) is 24.7 Å². The van der Waals surface area contributed by atoms with Crippen LogP contribution in [-0.2, 0) is 14.6 Å². The molecule has 0 aromatic rings. The molecule has 0 radical (unpaired) electrons. The number of aliphatic imine (C=N–C) groups is 1. The molecule has 0 aromatic heterocycles. The second kappa shape index (κ2) is 10.8. The van der Waals surface area contributed by atoms with Crippen molar-refractivity contribution in [3.63, 3.8) is 0 Å². The molecule has 1 saturated carbocycles. The molecule has 3 rings (SSSR count). The highest BCUT2D eigenvalue weighted by Crippen LogP contribution is 2.38. The number of halogens is 1. The Morgan fingerprint density at radius 2 is 2.00 bits per heavy atom. The Hall–Kier alpha value is -0.0900. The summed E-state index contributed by atoms with van der Waals surface area (Å²) < 4.78 is 29.6. The number of ether oxygens (including phenoxy) is 1. The largest absolute Gasteiger partial charge is 0.375 e. The molecule has 8 heteroatoms. The quantitative estimate of drug-likeness (QED) is 0.326. The van der Waals surface area contributed by atoms with E-state index in [9.17, 15) is 8.42 Å². The lowest BCUT2D eigenvalue weighted by atomic mass is 9.78. The molecule has 2 N–H and O–H groups in total. The van der Waals surface area contributed by atoms with Gasteiger partial charge in [-0.2, -0.15) is 0 Å². The molecular weight excluding hydrogens is 489 g/mol. The number of nitrogens with one attached hydrogen (secondary N) is 2. The summed E-state index contributed by atoms with van der Waals surface area (Å²) in [6.45, 7) is 5.71. The van der Waals surface area contributed by atoms with Crippen LogP contribution in [0.15, 0.2) is 4.99 Å². The summed E-state index contributed by atoms with van der Waals surface area (Å²) in [5, 5.41) is 7.15. The molecule has 0 amide bonds. The second-order valence-corrected chi connectivity index (χ2v) is 11.1. The average molecular weight is 528 g/mol. The Bertz CT molecular complexity index is 615. The molecule has 3 fully saturated rings. The van der Waals surface area contributed by atoms with Crippen molar-refractivity contribution < 1.29 is 13.2 Å². The minimum atomic E-state index is -2.84. The van der Waals surface area contributed by atoms with Crippen LogP contribution in [0.3, 0.4) is 0 Å². The van der Waals surface area contributed by atoms with Gasteiger partial charge in [-0.05, 0) is 51.4 Å². The zero-order valence-electron chi connectivity index (χ0n) is 17.4. The zero-order valence-corrected chi connectivity index (χ0v) is 20.6. The summed E-state index contributed by atoms with van der Waals surface area (Å²) in [6, 6.07) is 0.714. The van der Waals surface area contributed by atoms with Gasteiger partial charge in [-0.25, -0.2) is 8.42 Å². The Balaban J connectivity index is 0.00000280. The first kappa shape index (κ1) is 24.2. The normalized spacial score (nSPS) is 30.4. The first-order valence-corrected chi connectivity index (χ1v) is 12.6. The van der Waals surface area contributed by atoms with Crippen molar-refractivity contribution in [1.29, 1.82) is 0 Å². The van der Waals surface area contributed by atoms with E-state index in [4.69, 9.17) is 9.73 Å². The van der Waals surface area contributed by atoms with Crippen LogP contribution in [0, 0.1) is 5.92 Å². The first-order chi connectivity index (χ1) is 12.9. The van der Waals surface area contributed by atoms with E-state index >= 15 is 0 Å². The van der Waals surface area contributed by atoms with Crippen LogP contribution in [0.4, 0.5) is 0 Å². The molecule has 1 spiro atoms. The molecular formula is C20H38IN3O3S. The SMILES string of the molecule is CCC(C)NC(=NCC1CCS(=O)(=O)C1)NC1CCOC2(CCCCC2)C1.I. The lowest BCUT2D eigenvalue weighted by Gasteiger charge is -2.44. The second-order valence-electron chi connectivity index (χ2n) is 8.84. The molecule has 3 unspecified atom stereocenters. The van der Waals surface area contributed by atoms with Crippen LogP contribution >= 0.6 is 24.0 Å². The number of nitrogens with zero attached hydrogens (tertiary/aromatic N) is 1. The maximum atomic E-state index is 11.7. The van der Waals surface area contributed by atoms with E-state index in [0.717, 1.165) is 38.2 Å². The van der Waals surface area contributed by atoms with Gasteiger partial charge in [0.05, 0.1) is 17.1 Å². The van der Waals surface area contributed by atoms with Crippen molar-refractivity contribution in [2.45, 2.75) is 89.3 Å². The van der Waals surface area contributed by atoms with Crippen molar-refractivity contribution in [1.82, 2.24) is 10.6 Å². The van der Waals surface area contributed by atoms with Crippen molar-refractivity contribution in [3.05, 3.63) is 0 Å². The van der Waals surface area contributed by atoms with Gasteiger partial charge in [0.2, 0.25) is 0 Å². The van der Waals surface area contributed by atoms with E-state index in [-0.39, 0.29) is 41.2 Å². The van der Waals surface area contributed by atoms with E-state index < -0.39 is 9.84 Å². The standard InChI is InChI=1S/C20H37N3O3S.HI/c1-3-16(2)22-19(21-14-17-8-12-27(24,25)15-17)23-18-7-11-26-20(13-18)9-5-4-6-10-20;/h16-18H,3-15H2,1-2H3,(H2,21,22,23);1H. The molecule has 2 heterocycles. The van der Waals surface area contributed by atoms with Crippen molar-refractivity contribution in [3.8, 4) is 0 Å². The molecule has 0 aromatic carbocycles. The molecule has 3 atom stereocenters. The Kier molecular flexibility index (Phi) is 9.32. The van der Waals surface area contributed by atoms with Crippen LogP contribution in [-0.4, -0.2) is 56.7 Å². The summed E-state index contributed by atoms with van der Waals surface area (Å²) in [6.07, 6.45) is 10.0. The third-order valence-corrected chi connectivity index (χ3v) is 8.27. The molecule has 164 valence electrons. The van der Waals surface area contributed by atoms with Gasteiger partial charge < -0.3 is 15.4 Å². The number of sulfone groups is 1. The lowest BCUT2D eigenvalue weighted by Crippen LogP contribution is -2.53.